The van der Waals surface area contributed by atoms with Crippen LogP contribution in [0.5, 0.6) is 0 Å². The van der Waals surface area contributed by atoms with Crippen LogP contribution in [0.2, 0.25) is 0 Å². The molecular weight excluding hydrogens is 348 g/mol. The van der Waals surface area contributed by atoms with Crippen LogP contribution in [-0.2, 0) is 16.0 Å². The highest BCUT2D eigenvalue weighted by Gasteiger charge is 2.22. The van der Waals surface area contributed by atoms with E-state index in [9.17, 15) is 9.59 Å². The highest BCUT2D eigenvalue weighted by molar-refractivity contribution is 6.19. The first kappa shape index (κ1) is 20.8. The smallest absolute Gasteiger partial charge is 0.202 e. The molecule has 0 aromatic heterocycles. The number of hydrogen-bond acceptors (Lipinski definition) is 7. The zero-order chi connectivity index (χ0) is 19.8. The van der Waals surface area contributed by atoms with Crippen molar-refractivity contribution in [1.82, 2.24) is 4.90 Å². The number of aliphatic hydroxyl groups is 3. The highest BCUT2D eigenvalue weighted by atomic mass is 16.3. The molecular formula is C20H26N2O5. The quantitative estimate of drug-likeness (QED) is 0.492. The molecule has 3 N–H and O–H groups in total. The Labute approximate surface area is 158 Å². The predicted octanol–water partition coefficient (Wildman–Crippen LogP) is -0.0937. The standard InChI is InChI=1S/C20H26N2O5/c1-21(6-9-23)18-14-19(26)16(13-20(18)27)12-15-2-4-17(5-3-15)22(7-10-24)8-11-25/h2-5,13-14,23-25H,6-12H2,1H3. The van der Waals surface area contributed by atoms with Crippen molar-refractivity contribution in [3.8, 4) is 0 Å². The Balaban J connectivity index is 2.08. The van der Waals surface area contributed by atoms with Crippen LogP contribution < -0.4 is 4.90 Å². The number of allylic oxidation sites excluding steroid dienone is 3. The van der Waals surface area contributed by atoms with Crippen LogP contribution in [0.15, 0.2) is 47.7 Å². The number of likely N-dealkylation sites (N-methyl/N-ethyl adjacent to an activating group) is 1. The van der Waals surface area contributed by atoms with Crippen LogP contribution >= 0.6 is 0 Å². The molecule has 0 heterocycles. The molecule has 0 aliphatic heterocycles. The third kappa shape index (κ3) is 5.50. The van der Waals surface area contributed by atoms with Crippen LogP contribution in [0, 0.1) is 0 Å². The van der Waals surface area contributed by atoms with E-state index in [1.54, 1.807) is 11.9 Å². The highest BCUT2D eigenvalue weighted by Crippen LogP contribution is 2.20. The van der Waals surface area contributed by atoms with Crippen molar-refractivity contribution < 1.29 is 24.9 Å². The third-order valence-electron chi connectivity index (χ3n) is 4.42. The summed E-state index contributed by atoms with van der Waals surface area (Å²) in [6, 6.07) is 7.47. The number of rotatable bonds is 10. The van der Waals surface area contributed by atoms with E-state index in [1.807, 2.05) is 29.2 Å². The molecule has 0 bridgehead atoms. The molecule has 7 heteroatoms. The fraction of sp³-hybridized carbons (Fsp3) is 0.400. The van der Waals surface area contributed by atoms with Gasteiger partial charge in [-0.05, 0) is 23.8 Å². The van der Waals surface area contributed by atoms with Gasteiger partial charge in [0.05, 0.1) is 25.5 Å². The van der Waals surface area contributed by atoms with Crippen LogP contribution in [-0.4, -0.2) is 78.3 Å². The summed E-state index contributed by atoms with van der Waals surface area (Å²) in [5, 5.41) is 27.2. The average Bonchev–Trinajstić information content (AvgIpc) is 2.65. The van der Waals surface area contributed by atoms with Gasteiger partial charge in [-0.1, -0.05) is 12.1 Å². The van der Waals surface area contributed by atoms with Crippen molar-refractivity contribution >= 4 is 17.3 Å². The number of carbonyl (C=O) groups excluding carboxylic acids is 2. The normalized spacial score (nSPS) is 14.1. The Hall–Kier alpha value is -2.48. The molecule has 2 rings (SSSR count). The molecule has 0 fully saturated rings. The molecule has 0 unspecified atom stereocenters. The molecule has 0 spiro atoms. The molecule has 0 saturated carbocycles. The van der Waals surface area contributed by atoms with Gasteiger partial charge >= 0.3 is 0 Å². The number of benzene rings is 1. The van der Waals surface area contributed by atoms with E-state index in [2.05, 4.69) is 0 Å². The van der Waals surface area contributed by atoms with Gasteiger partial charge in [0.15, 0.2) is 5.78 Å². The first-order chi connectivity index (χ1) is 13.0. The minimum Gasteiger partial charge on any atom is -0.395 e. The average molecular weight is 374 g/mol. The largest absolute Gasteiger partial charge is 0.395 e. The molecule has 0 saturated heterocycles. The molecule has 1 aliphatic carbocycles. The van der Waals surface area contributed by atoms with Crippen molar-refractivity contribution in [3.63, 3.8) is 0 Å². The lowest BCUT2D eigenvalue weighted by molar-refractivity contribution is -0.116. The molecule has 1 aromatic rings. The minimum absolute atomic E-state index is 0.00928. The summed E-state index contributed by atoms with van der Waals surface area (Å²) in [4.78, 5) is 28.1. The van der Waals surface area contributed by atoms with Gasteiger partial charge in [-0.25, -0.2) is 0 Å². The number of hydrogen-bond donors (Lipinski definition) is 3. The lowest BCUT2D eigenvalue weighted by Gasteiger charge is -2.23. The van der Waals surface area contributed by atoms with Crippen molar-refractivity contribution in [1.29, 1.82) is 0 Å². The van der Waals surface area contributed by atoms with Crippen molar-refractivity contribution in [2.75, 3.05) is 51.4 Å². The molecule has 7 nitrogen and oxygen atoms in total. The Bertz CT molecular complexity index is 718. The molecule has 0 atom stereocenters. The second-order valence-corrected chi connectivity index (χ2v) is 6.35. The first-order valence-corrected chi connectivity index (χ1v) is 8.88. The maximum absolute atomic E-state index is 12.4. The molecule has 1 aromatic carbocycles. The summed E-state index contributed by atoms with van der Waals surface area (Å²) in [6.45, 7) is 1.02. The number of anilines is 1. The number of ketones is 2. The van der Waals surface area contributed by atoms with E-state index in [-0.39, 0.29) is 43.6 Å². The van der Waals surface area contributed by atoms with E-state index in [0.717, 1.165) is 11.3 Å². The van der Waals surface area contributed by atoms with E-state index in [1.165, 1.54) is 12.2 Å². The lowest BCUT2D eigenvalue weighted by Crippen LogP contribution is -2.29. The zero-order valence-electron chi connectivity index (χ0n) is 15.5. The third-order valence-corrected chi connectivity index (χ3v) is 4.42. The van der Waals surface area contributed by atoms with Crippen LogP contribution in [0.3, 0.4) is 0 Å². The monoisotopic (exact) mass is 374 g/mol. The van der Waals surface area contributed by atoms with Gasteiger partial charge in [-0.2, -0.15) is 0 Å². The van der Waals surface area contributed by atoms with Crippen molar-refractivity contribution in [2.45, 2.75) is 6.42 Å². The second-order valence-electron chi connectivity index (χ2n) is 6.35. The van der Waals surface area contributed by atoms with Crippen molar-refractivity contribution in [3.05, 3.63) is 53.3 Å². The van der Waals surface area contributed by atoms with E-state index < -0.39 is 0 Å². The lowest BCUT2D eigenvalue weighted by atomic mass is 9.94. The predicted molar refractivity (Wildman–Crippen MR) is 102 cm³/mol. The zero-order valence-corrected chi connectivity index (χ0v) is 15.5. The molecule has 0 radical (unpaired) electrons. The topological polar surface area (TPSA) is 101 Å². The van der Waals surface area contributed by atoms with Crippen LogP contribution in [0.1, 0.15) is 5.56 Å². The fourth-order valence-corrected chi connectivity index (χ4v) is 2.95. The summed E-state index contributed by atoms with van der Waals surface area (Å²) in [7, 11) is 1.66. The van der Waals surface area contributed by atoms with Crippen LogP contribution in [0.4, 0.5) is 5.69 Å². The molecule has 1 aliphatic rings. The molecule has 27 heavy (non-hydrogen) atoms. The van der Waals surface area contributed by atoms with Crippen molar-refractivity contribution in [2.24, 2.45) is 0 Å². The van der Waals surface area contributed by atoms with Gasteiger partial charge in [0.1, 0.15) is 0 Å². The second kappa shape index (κ2) is 10.0. The number of aliphatic hydroxyl groups excluding tert-OH is 3. The summed E-state index contributed by atoms with van der Waals surface area (Å²) in [5.41, 5.74) is 2.47. The van der Waals surface area contributed by atoms with Gasteiger partial charge in [0.25, 0.3) is 0 Å². The Morgan fingerprint density at radius 2 is 1.41 bits per heavy atom. The SMILES string of the molecule is CN(CCO)C1=CC(=O)C(Cc2ccc(N(CCO)CCO)cc2)=CC1=O. The van der Waals surface area contributed by atoms with Gasteiger partial charge in [0.2, 0.25) is 5.78 Å². The fourth-order valence-electron chi connectivity index (χ4n) is 2.95. The Kier molecular flexibility index (Phi) is 7.72. The number of carbonyl (C=O) groups is 2. The Morgan fingerprint density at radius 1 is 0.815 bits per heavy atom. The summed E-state index contributed by atoms with van der Waals surface area (Å²) >= 11 is 0. The first-order valence-electron chi connectivity index (χ1n) is 8.88. The van der Waals surface area contributed by atoms with E-state index in [0.29, 0.717) is 25.1 Å². The van der Waals surface area contributed by atoms with Crippen LogP contribution in [0.25, 0.3) is 0 Å². The van der Waals surface area contributed by atoms with E-state index in [4.69, 9.17) is 15.3 Å². The van der Waals surface area contributed by atoms with Gasteiger partial charge < -0.3 is 25.1 Å². The molecule has 146 valence electrons. The maximum Gasteiger partial charge on any atom is 0.202 e. The summed E-state index contributed by atoms with van der Waals surface area (Å²) in [5.74, 6) is -0.449. The summed E-state index contributed by atoms with van der Waals surface area (Å²) < 4.78 is 0. The Morgan fingerprint density at radius 3 is 1.96 bits per heavy atom. The number of nitrogens with zero attached hydrogens (tertiary/aromatic N) is 2. The van der Waals surface area contributed by atoms with Gasteiger partial charge in [0, 0.05) is 50.4 Å². The molecule has 0 amide bonds. The van der Waals surface area contributed by atoms with E-state index >= 15 is 0 Å². The minimum atomic E-state index is -0.241. The summed E-state index contributed by atoms with van der Waals surface area (Å²) in [6.07, 6.45) is 3.04. The van der Waals surface area contributed by atoms with Gasteiger partial charge in [-0.15, -0.1) is 0 Å². The van der Waals surface area contributed by atoms with Gasteiger partial charge in [-0.3, -0.25) is 9.59 Å². The maximum atomic E-state index is 12.4.